The second kappa shape index (κ2) is 6.76. The first-order chi connectivity index (χ1) is 12.2. The van der Waals surface area contributed by atoms with E-state index in [2.05, 4.69) is 40.2 Å². The summed E-state index contributed by atoms with van der Waals surface area (Å²) >= 11 is 0. The topological polar surface area (TPSA) is 46.8 Å². The quantitative estimate of drug-likeness (QED) is 0.736. The maximum absolute atomic E-state index is 4.84. The molecular weight excluding hydrogens is 310 g/mol. The van der Waals surface area contributed by atoms with E-state index >= 15 is 0 Å². The summed E-state index contributed by atoms with van der Waals surface area (Å²) in [7, 11) is 2.00. The van der Waals surface area contributed by atoms with E-state index in [1.165, 1.54) is 5.56 Å². The van der Waals surface area contributed by atoms with Crippen LogP contribution in [0.1, 0.15) is 29.4 Å². The molecule has 4 rings (SSSR count). The molecule has 0 N–H and O–H groups in total. The lowest BCUT2D eigenvalue weighted by atomic mass is 10.1. The smallest absolute Gasteiger partial charge is 0.158 e. The second-order valence-electron chi connectivity index (χ2n) is 6.82. The summed E-state index contributed by atoms with van der Waals surface area (Å²) in [5, 5.41) is 0. The molecule has 0 bridgehead atoms. The molecule has 5 heteroatoms. The highest BCUT2D eigenvalue weighted by molar-refractivity contribution is 5.50. The van der Waals surface area contributed by atoms with Gasteiger partial charge in [0, 0.05) is 44.1 Å². The molecular formula is C20H23N5. The van der Waals surface area contributed by atoms with Gasteiger partial charge in [-0.15, -0.1) is 0 Å². The fourth-order valence-electron chi connectivity index (χ4n) is 3.53. The second-order valence-corrected chi connectivity index (χ2v) is 6.82. The molecule has 5 nitrogen and oxygen atoms in total. The molecule has 3 aromatic rings. The van der Waals surface area contributed by atoms with Crippen LogP contribution in [-0.2, 0) is 13.6 Å². The lowest BCUT2D eigenvalue weighted by molar-refractivity contribution is 0.325. The van der Waals surface area contributed by atoms with E-state index in [0.717, 1.165) is 49.1 Å². The Morgan fingerprint density at radius 3 is 2.76 bits per heavy atom. The van der Waals surface area contributed by atoms with Crippen LogP contribution >= 0.6 is 0 Å². The zero-order valence-electron chi connectivity index (χ0n) is 14.8. The lowest BCUT2D eigenvalue weighted by Crippen LogP contribution is -2.20. The summed E-state index contributed by atoms with van der Waals surface area (Å²) in [5.74, 6) is 2.24. The number of hydrogen-bond acceptors (Lipinski definition) is 4. The van der Waals surface area contributed by atoms with Gasteiger partial charge in [0.25, 0.3) is 0 Å². The first-order valence-corrected chi connectivity index (χ1v) is 8.78. The van der Waals surface area contributed by atoms with Crippen LogP contribution in [0.2, 0.25) is 0 Å². The fraction of sp³-hybridized carbons (Fsp3) is 0.350. The van der Waals surface area contributed by atoms with Crippen LogP contribution in [-0.4, -0.2) is 37.5 Å². The number of aromatic nitrogens is 4. The maximum atomic E-state index is 4.84. The van der Waals surface area contributed by atoms with Crippen molar-refractivity contribution in [2.45, 2.75) is 25.8 Å². The molecule has 1 aliphatic heterocycles. The van der Waals surface area contributed by atoms with Crippen LogP contribution in [0.3, 0.4) is 0 Å². The van der Waals surface area contributed by atoms with Crippen LogP contribution in [0.25, 0.3) is 11.5 Å². The maximum Gasteiger partial charge on any atom is 0.158 e. The molecule has 1 aromatic carbocycles. The van der Waals surface area contributed by atoms with Crippen molar-refractivity contribution in [1.29, 1.82) is 0 Å². The van der Waals surface area contributed by atoms with Gasteiger partial charge in [-0.2, -0.15) is 0 Å². The van der Waals surface area contributed by atoms with E-state index in [4.69, 9.17) is 9.97 Å². The molecule has 128 valence electrons. The normalized spacial score (nSPS) is 17.9. The number of hydrogen-bond donors (Lipinski definition) is 0. The van der Waals surface area contributed by atoms with Gasteiger partial charge in [0.1, 0.15) is 11.5 Å². The van der Waals surface area contributed by atoms with Crippen LogP contribution in [0.5, 0.6) is 0 Å². The van der Waals surface area contributed by atoms with Crippen LogP contribution in [0, 0.1) is 6.92 Å². The van der Waals surface area contributed by atoms with Gasteiger partial charge >= 0.3 is 0 Å². The number of imidazole rings is 1. The van der Waals surface area contributed by atoms with Crippen molar-refractivity contribution in [2.24, 2.45) is 7.05 Å². The van der Waals surface area contributed by atoms with E-state index < -0.39 is 0 Å². The highest BCUT2D eigenvalue weighted by atomic mass is 15.2. The van der Waals surface area contributed by atoms with Gasteiger partial charge in [0.15, 0.2) is 5.82 Å². The number of rotatable bonds is 4. The predicted octanol–water partition coefficient (Wildman–Crippen LogP) is 3.18. The van der Waals surface area contributed by atoms with Gasteiger partial charge in [-0.3, -0.25) is 4.90 Å². The van der Waals surface area contributed by atoms with Gasteiger partial charge in [-0.05, 0) is 31.5 Å². The van der Waals surface area contributed by atoms with Crippen molar-refractivity contribution in [1.82, 2.24) is 24.4 Å². The summed E-state index contributed by atoms with van der Waals surface area (Å²) in [6.45, 7) is 5.14. The molecule has 0 amide bonds. The summed E-state index contributed by atoms with van der Waals surface area (Å²) in [6, 6.07) is 12.7. The Labute approximate surface area is 148 Å². The molecule has 0 saturated carbocycles. The minimum absolute atomic E-state index is 0.391. The third-order valence-corrected chi connectivity index (χ3v) is 4.81. The Bertz CT molecular complexity index is 856. The van der Waals surface area contributed by atoms with E-state index in [9.17, 15) is 0 Å². The minimum Gasteiger partial charge on any atom is -0.333 e. The van der Waals surface area contributed by atoms with E-state index in [0.29, 0.717) is 5.92 Å². The summed E-state index contributed by atoms with van der Waals surface area (Å²) in [6.07, 6.45) is 4.86. The molecule has 0 radical (unpaired) electrons. The Morgan fingerprint density at radius 1 is 1.16 bits per heavy atom. The molecule has 0 unspecified atom stereocenters. The Balaban J connectivity index is 1.53. The monoisotopic (exact) mass is 333 g/mol. The van der Waals surface area contributed by atoms with Gasteiger partial charge in [0.2, 0.25) is 0 Å². The number of benzene rings is 1. The lowest BCUT2D eigenvalue weighted by Gasteiger charge is -2.16. The largest absolute Gasteiger partial charge is 0.333 e. The number of nitrogens with zero attached hydrogens (tertiary/aromatic N) is 5. The zero-order chi connectivity index (χ0) is 17.2. The third kappa shape index (κ3) is 3.46. The first kappa shape index (κ1) is 16.0. The minimum atomic E-state index is 0.391. The van der Waals surface area contributed by atoms with Crippen molar-refractivity contribution in [3.05, 3.63) is 65.9 Å². The Morgan fingerprint density at radius 2 is 2.00 bits per heavy atom. The van der Waals surface area contributed by atoms with Crippen LogP contribution in [0.15, 0.2) is 48.8 Å². The molecule has 1 fully saturated rings. The molecule has 3 heterocycles. The highest BCUT2D eigenvalue weighted by Gasteiger charge is 2.26. The van der Waals surface area contributed by atoms with E-state index in [1.807, 2.05) is 37.0 Å². The zero-order valence-corrected chi connectivity index (χ0v) is 14.8. The fourth-order valence-corrected chi connectivity index (χ4v) is 3.53. The van der Waals surface area contributed by atoms with Crippen LogP contribution in [0.4, 0.5) is 0 Å². The van der Waals surface area contributed by atoms with Gasteiger partial charge in [0.05, 0.1) is 0 Å². The van der Waals surface area contributed by atoms with Gasteiger partial charge in [-0.1, -0.05) is 30.3 Å². The van der Waals surface area contributed by atoms with Crippen molar-refractivity contribution in [2.75, 3.05) is 13.1 Å². The van der Waals surface area contributed by atoms with E-state index in [1.54, 1.807) is 0 Å². The summed E-state index contributed by atoms with van der Waals surface area (Å²) in [4.78, 5) is 16.5. The molecule has 25 heavy (non-hydrogen) atoms. The van der Waals surface area contributed by atoms with Crippen LogP contribution < -0.4 is 0 Å². The predicted molar refractivity (Wildman–Crippen MR) is 98.0 cm³/mol. The molecule has 1 aliphatic rings. The van der Waals surface area contributed by atoms with E-state index in [-0.39, 0.29) is 0 Å². The molecule has 1 saturated heterocycles. The molecule has 0 spiro atoms. The average molecular weight is 333 g/mol. The first-order valence-electron chi connectivity index (χ1n) is 8.78. The number of aryl methyl sites for hydroxylation is 2. The van der Waals surface area contributed by atoms with Crippen molar-refractivity contribution >= 4 is 0 Å². The standard InChI is InChI=1S/C20H23N5/c1-15-12-18(20-21-9-11-24(20)2)23-19(22-15)17-8-10-25(14-17)13-16-6-4-3-5-7-16/h3-7,9,11-12,17H,8,10,13-14H2,1-2H3/t17-/m1/s1. The summed E-state index contributed by atoms with van der Waals surface area (Å²) < 4.78 is 2.00. The van der Waals surface area contributed by atoms with Crippen molar-refractivity contribution in [3.63, 3.8) is 0 Å². The highest BCUT2D eigenvalue weighted by Crippen LogP contribution is 2.27. The Hall–Kier alpha value is -2.53. The van der Waals surface area contributed by atoms with Crippen molar-refractivity contribution in [3.8, 4) is 11.5 Å². The number of likely N-dealkylation sites (tertiary alicyclic amines) is 1. The van der Waals surface area contributed by atoms with Gasteiger partial charge < -0.3 is 4.57 Å². The summed E-state index contributed by atoms with van der Waals surface area (Å²) in [5.41, 5.74) is 3.28. The average Bonchev–Trinajstić information content (AvgIpc) is 3.24. The van der Waals surface area contributed by atoms with Gasteiger partial charge in [-0.25, -0.2) is 15.0 Å². The molecule has 2 aromatic heterocycles. The third-order valence-electron chi connectivity index (χ3n) is 4.81. The Kier molecular flexibility index (Phi) is 4.32. The van der Waals surface area contributed by atoms with Crippen molar-refractivity contribution < 1.29 is 0 Å². The SMILES string of the molecule is Cc1cc(-c2nccn2C)nc([C@@H]2CCN(Cc3ccccc3)C2)n1. The molecule has 0 aliphatic carbocycles. The molecule has 1 atom stereocenters.